The molecule has 1 aromatic heterocycles. The van der Waals surface area contributed by atoms with Crippen molar-refractivity contribution in [2.24, 2.45) is 0 Å². The number of hydrogen-bond acceptors (Lipinski definition) is 1. The van der Waals surface area contributed by atoms with E-state index in [1.807, 2.05) is 31.2 Å². The minimum absolute atomic E-state index is 0.808. The van der Waals surface area contributed by atoms with Crippen molar-refractivity contribution < 1.29 is 0 Å². The van der Waals surface area contributed by atoms with Gasteiger partial charge in [0.05, 0.1) is 0 Å². The Balaban J connectivity index is 2.48. The lowest BCUT2D eigenvalue weighted by molar-refractivity contribution is 1.33. The monoisotopic (exact) mass is 203 g/mol. The minimum Gasteiger partial charge on any atom is -0.265 e. The standard InChI is InChI=1S/C12H10ClN/c1-9-8-11(2-3-12(9)13)10-4-6-14-7-5-10/h2-8H,1H3. The highest BCUT2D eigenvalue weighted by molar-refractivity contribution is 6.31. The van der Waals surface area contributed by atoms with E-state index in [-0.39, 0.29) is 0 Å². The SMILES string of the molecule is Cc1cc(-c2ccncc2)ccc1Cl. The van der Waals surface area contributed by atoms with Crippen LogP contribution in [0.15, 0.2) is 42.7 Å². The van der Waals surface area contributed by atoms with E-state index in [2.05, 4.69) is 11.1 Å². The number of rotatable bonds is 1. The van der Waals surface area contributed by atoms with Gasteiger partial charge in [0.2, 0.25) is 0 Å². The molecule has 2 rings (SSSR count). The van der Waals surface area contributed by atoms with E-state index in [1.54, 1.807) is 12.4 Å². The second-order valence-electron chi connectivity index (χ2n) is 3.20. The summed E-state index contributed by atoms with van der Waals surface area (Å²) in [6.45, 7) is 2.01. The molecule has 1 nitrogen and oxygen atoms in total. The number of benzene rings is 1. The van der Waals surface area contributed by atoms with E-state index in [0.717, 1.165) is 10.6 Å². The molecule has 0 atom stereocenters. The Morgan fingerprint density at radius 1 is 1.00 bits per heavy atom. The molecule has 0 aliphatic carbocycles. The van der Waals surface area contributed by atoms with Crippen LogP contribution < -0.4 is 0 Å². The molecular weight excluding hydrogens is 194 g/mol. The Morgan fingerprint density at radius 3 is 2.36 bits per heavy atom. The fraction of sp³-hybridized carbons (Fsp3) is 0.0833. The van der Waals surface area contributed by atoms with Crippen molar-refractivity contribution in [2.45, 2.75) is 6.92 Å². The van der Waals surface area contributed by atoms with Gasteiger partial charge in [-0.15, -0.1) is 0 Å². The first-order valence-corrected chi connectivity index (χ1v) is 4.82. The van der Waals surface area contributed by atoms with Crippen LogP contribution >= 0.6 is 11.6 Å². The number of halogens is 1. The van der Waals surface area contributed by atoms with E-state index >= 15 is 0 Å². The van der Waals surface area contributed by atoms with Gasteiger partial charge >= 0.3 is 0 Å². The van der Waals surface area contributed by atoms with Crippen LogP contribution in [0.5, 0.6) is 0 Å². The Labute approximate surface area is 88.4 Å². The van der Waals surface area contributed by atoms with Crippen molar-refractivity contribution >= 4 is 11.6 Å². The molecule has 1 aromatic carbocycles. The lowest BCUT2D eigenvalue weighted by Gasteiger charge is -2.03. The molecule has 0 N–H and O–H groups in total. The van der Waals surface area contributed by atoms with Crippen LogP contribution in [0, 0.1) is 6.92 Å². The van der Waals surface area contributed by atoms with Crippen LogP contribution in [0.25, 0.3) is 11.1 Å². The topological polar surface area (TPSA) is 12.9 Å². The average molecular weight is 204 g/mol. The number of hydrogen-bond donors (Lipinski definition) is 0. The first-order chi connectivity index (χ1) is 6.77. The van der Waals surface area contributed by atoms with Crippen LogP contribution in [-0.2, 0) is 0 Å². The molecule has 2 aromatic rings. The van der Waals surface area contributed by atoms with Crippen LogP contribution in [0.4, 0.5) is 0 Å². The van der Waals surface area contributed by atoms with Gasteiger partial charge in [0.15, 0.2) is 0 Å². The summed E-state index contributed by atoms with van der Waals surface area (Å²) in [6.07, 6.45) is 3.58. The molecule has 0 unspecified atom stereocenters. The van der Waals surface area contributed by atoms with Gasteiger partial charge in [-0.25, -0.2) is 0 Å². The highest BCUT2D eigenvalue weighted by atomic mass is 35.5. The Bertz CT molecular complexity index is 437. The maximum atomic E-state index is 5.96. The molecule has 14 heavy (non-hydrogen) atoms. The van der Waals surface area contributed by atoms with Crippen molar-refractivity contribution in [3.05, 3.63) is 53.3 Å². The van der Waals surface area contributed by atoms with Crippen LogP contribution in [0.2, 0.25) is 5.02 Å². The van der Waals surface area contributed by atoms with Gasteiger partial charge in [0.1, 0.15) is 0 Å². The number of pyridine rings is 1. The van der Waals surface area contributed by atoms with Crippen molar-refractivity contribution in [2.75, 3.05) is 0 Å². The number of aryl methyl sites for hydroxylation is 1. The maximum absolute atomic E-state index is 5.96. The first-order valence-electron chi connectivity index (χ1n) is 4.44. The smallest absolute Gasteiger partial charge is 0.0435 e. The average Bonchev–Trinajstić information content (AvgIpc) is 2.23. The lowest BCUT2D eigenvalue weighted by atomic mass is 10.1. The summed E-state index contributed by atoms with van der Waals surface area (Å²) in [6, 6.07) is 10.0. The van der Waals surface area contributed by atoms with Gasteiger partial charge in [-0.05, 0) is 47.9 Å². The summed E-state index contributed by atoms with van der Waals surface area (Å²) in [4.78, 5) is 3.98. The van der Waals surface area contributed by atoms with E-state index < -0.39 is 0 Å². The van der Waals surface area contributed by atoms with Crippen molar-refractivity contribution in [3.63, 3.8) is 0 Å². The van der Waals surface area contributed by atoms with Crippen LogP contribution in [0.3, 0.4) is 0 Å². The van der Waals surface area contributed by atoms with Gasteiger partial charge in [-0.2, -0.15) is 0 Å². The normalized spacial score (nSPS) is 10.1. The highest BCUT2D eigenvalue weighted by Gasteiger charge is 1.99. The number of aromatic nitrogens is 1. The predicted octanol–water partition coefficient (Wildman–Crippen LogP) is 3.71. The molecule has 0 aliphatic rings. The molecule has 0 amide bonds. The molecule has 0 saturated heterocycles. The third-order valence-corrected chi connectivity index (χ3v) is 2.60. The third kappa shape index (κ3) is 1.78. The predicted molar refractivity (Wildman–Crippen MR) is 59.4 cm³/mol. The molecule has 70 valence electrons. The molecule has 0 fully saturated rings. The Morgan fingerprint density at radius 2 is 1.71 bits per heavy atom. The second-order valence-corrected chi connectivity index (χ2v) is 3.61. The Kier molecular flexibility index (Phi) is 2.51. The lowest BCUT2D eigenvalue weighted by Crippen LogP contribution is -1.81. The van der Waals surface area contributed by atoms with Gasteiger partial charge in [-0.1, -0.05) is 17.7 Å². The molecule has 0 spiro atoms. The molecule has 2 heteroatoms. The van der Waals surface area contributed by atoms with Gasteiger partial charge in [-0.3, -0.25) is 4.98 Å². The third-order valence-electron chi connectivity index (χ3n) is 2.17. The summed E-state index contributed by atoms with van der Waals surface area (Å²) in [5.41, 5.74) is 3.44. The maximum Gasteiger partial charge on any atom is 0.0435 e. The fourth-order valence-corrected chi connectivity index (χ4v) is 1.49. The minimum atomic E-state index is 0.808. The second kappa shape index (κ2) is 3.81. The molecular formula is C12H10ClN. The van der Waals surface area contributed by atoms with E-state index in [1.165, 1.54) is 11.1 Å². The van der Waals surface area contributed by atoms with E-state index in [4.69, 9.17) is 11.6 Å². The van der Waals surface area contributed by atoms with Gasteiger partial charge in [0, 0.05) is 17.4 Å². The first kappa shape index (κ1) is 9.22. The molecule has 1 heterocycles. The zero-order valence-corrected chi connectivity index (χ0v) is 8.62. The zero-order chi connectivity index (χ0) is 9.97. The molecule has 0 bridgehead atoms. The van der Waals surface area contributed by atoms with E-state index in [9.17, 15) is 0 Å². The van der Waals surface area contributed by atoms with Crippen molar-refractivity contribution in [3.8, 4) is 11.1 Å². The quantitative estimate of drug-likeness (QED) is 0.689. The van der Waals surface area contributed by atoms with Crippen LogP contribution in [-0.4, -0.2) is 4.98 Å². The highest BCUT2D eigenvalue weighted by Crippen LogP contribution is 2.23. The van der Waals surface area contributed by atoms with Crippen molar-refractivity contribution in [1.82, 2.24) is 4.98 Å². The fourth-order valence-electron chi connectivity index (χ4n) is 1.37. The molecule has 0 aliphatic heterocycles. The largest absolute Gasteiger partial charge is 0.265 e. The zero-order valence-electron chi connectivity index (χ0n) is 7.87. The number of nitrogens with zero attached hydrogens (tertiary/aromatic N) is 1. The summed E-state index contributed by atoms with van der Waals surface area (Å²) < 4.78 is 0. The summed E-state index contributed by atoms with van der Waals surface area (Å²) >= 11 is 5.96. The van der Waals surface area contributed by atoms with Crippen LogP contribution in [0.1, 0.15) is 5.56 Å². The summed E-state index contributed by atoms with van der Waals surface area (Å²) in [5, 5.41) is 0.808. The molecule has 0 saturated carbocycles. The summed E-state index contributed by atoms with van der Waals surface area (Å²) in [7, 11) is 0. The van der Waals surface area contributed by atoms with Gasteiger partial charge < -0.3 is 0 Å². The van der Waals surface area contributed by atoms with Gasteiger partial charge in [0.25, 0.3) is 0 Å². The van der Waals surface area contributed by atoms with Crippen molar-refractivity contribution in [1.29, 1.82) is 0 Å². The molecule has 0 radical (unpaired) electrons. The van der Waals surface area contributed by atoms with E-state index in [0.29, 0.717) is 0 Å². The Hall–Kier alpha value is -1.34. The summed E-state index contributed by atoms with van der Waals surface area (Å²) in [5.74, 6) is 0.